The number of likely N-dealkylation sites (tertiary alicyclic amines) is 1. The van der Waals surface area contributed by atoms with Crippen molar-refractivity contribution in [2.45, 2.75) is 62.0 Å². The number of piperidine rings is 1. The summed E-state index contributed by atoms with van der Waals surface area (Å²) in [5.74, 6) is -0.133. The first-order chi connectivity index (χ1) is 13.4. The first-order valence-corrected chi connectivity index (χ1v) is 11.6. The minimum Gasteiger partial charge on any atom is -0.393 e. The molecular weight excluding hydrogens is 378 g/mol. The molecule has 28 heavy (non-hydrogen) atoms. The van der Waals surface area contributed by atoms with Gasteiger partial charge in [0.25, 0.3) is 0 Å². The van der Waals surface area contributed by atoms with Gasteiger partial charge < -0.3 is 10.4 Å². The highest BCUT2D eigenvalue weighted by atomic mass is 32.2. The monoisotopic (exact) mass is 409 g/mol. The van der Waals surface area contributed by atoms with Crippen molar-refractivity contribution in [3.8, 4) is 0 Å². The van der Waals surface area contributed by atoms with Crippen LogP contribution in [-0.2, 0) is 14.8 Å². The van der Waals surface area contributed by atoms with Crippen LogP contribution in [-0.4, -0.2) is 67.5 Å². The number of amides is 1. The number of carbonyl (C=O) groups excluding carboxylic acids is 1. The number of anilines is 1. The summed E-state index contributed by atoms with van der Waals surface area (Å²) in [6.07, 6.45) is 6.27. The molecule has 2 aliphatic rings. The Labute approximate surface area is 167 Å². The second kappa shape index (κ2) is 9.35. The van der Waals surface area contributed by atoms with Gasteiger partial charge in [-0.2, -0.15) is 4.31 Å². The first kappa shape index (κ1) is 21.2. The van der Waals surface area contributed by atoms with E-state index >= 15 is 0 Å². The highest BCUT2D eigenvalue weighted by Gasteiger charge is 2.29. The number of rotatable bonds is 6. The van der Waals surface area contributed by atoms with Crippen molar-refractivity contribution < 1.29 is 18.3 Å². The summed E-state index contributed by atoms with van der Waals surface area (Å²) in [5, 5.41) is 12.4. The zero-order chi connectivity index (χ0) is 20.1. The van der Waals surface area contributed by atoms with Gasteiger partial charge in [0.05, 0.1) is 17.5 Å². The molecule has 0 radical (unpaired) electrons. The molecule has 1 amide bonds. The molecule has 0 spiro atoms. The highest BCUT2D eigenvalue weighted by Crippen LogP contribution is 2.27. The summed E-state index contributed by atoms with van der Waals surface area (Å²) in [4.78, 5) is 14.5. The molecule has 3 rings (SSSR count). The van der Waals surface area contributed by atoms with Crippen LogP contribution in [0.2, 0.25) is 0 Å². The van der Waals surface area contributed by atoms with Crippen LogP contribution in [0.3, 0.4) is 0 Å². The average molecular weight is 410 g/mol. The van der Waals surface area contributed by atoms with E-state index < -0.39 is 10.0 Å². The molecule has 1 saturated heterocycles. The topological polar surface area (TPSA) is 90.0 Å². The molecule has 1 heterocycles. The number of carbonyl (C=O) groups is 1. The van der Waals surface area contributed by atoms with Crippen LogP contribution in [0.5, 0.6) is 0 Å². The SMILES string of the molecule is CN(C1CCCCC1)S(=O)(=O)c1ccc(NC(=O)CN2CCC(O)CC2)cc1. The molecule has 2 N–H and O–H groups in total. The third-order valence-corrected chi connectivity index (χ3v) is 7.75. The Balaban J connectivity index is 1.57. The van der Waals surface area contributed by atoms with Crippen molar-refractivity contribution >= 4 is 21.6 Å². The molecule has 1 aliphatic carbocycles. The molecule has 1 aliphatic heterocycles. The van der Waals surface area contributed by atoms with Gasteiger partial charge in [0.15, 0.2) is 0 Å². The lowest BCUT2D eigenvalue weighted by Gasteiger charge is -2.30. The van der Waals surface area contributed by atoms with E-state index in [2.05, 4.69) is 5.32 Å². The largest absolute Gasteiger partial charge is 0.393 e. The van der Waals surface area contributed by atoms with Gasteiger partial charge in [-0.1, -0.05) is 19.3 Å². The van der Waals surface area contributed by atoms with E-state index in [1.807, 2.05) is 4.90 Å². The number of nitrogens with one attached hydrogen (secondary N) is 1. The summed E-state index contributed by atoms with van der Waals surface area (Å²) in [6, 6.07) is 6.46. The van der Waals surface area contributed by atoms with Crippen molar-refractivity contribution in [1.29, 1.82) is 0 Å². The molecule has 2 fully saturated rings. The average Bonchev–Trinajstić information content (AvgIpc) is 2.70. The van der Waals surface area contributed by atoms with Crippen LogP contribution in [0.15, 0.2) is 29.2 Å². The van der Waals surface area contributed by atoms with Crippen LogP contribution >= 0.6 is 0 Å². The highest BCUT2D eigenvalue weighted by molar-refractivity contribution is 7.89. The van der Waals surface area contributed by atoms with Crippen LogP contribution in [0.1, 0.15) is 44.9 Å². The van der Waals surface area contributed by atoms with E-state index in [0.29, 0.717) is 31.6 Å². The van der Waals surface area contributed by atoms with E-state index in [-0.39, 0.29) is 29.5 Å². The summed E-state index contributed by atoms with van der Waals surface area (Å²) < 4.78 is 27.2. The van der Waals surface area contributed by atoms with Gasteiger partial charge in [-0.05, 0) is 49.9 Å². The standard InChI is InChI=1S/C20H31N3O4S/c1-22(17-5-3-2-4-6-17)28(26,27)19-9-7-16(8-10-19)21-20(25)15-23-13-11-18(24)12-14-23/h7-10,17-18,24H,2-6,11-15H2,1H3,(H,21,25). The molecule has 1 aromatic carbocycles. The van der Waals surface area contributed by atoms with Gasteiger partial charge in [-0.3, -0.25) is 9.69 Å². The smallest absolute Gasteiger partial charge is 0.243 e. The normalized spacial score (nSPS) is 20.4. The summed E-state index contributed by atoms with van der Waals surface area (Å²) in [7, 11) is -1.86. The molecule has 0 bridgehead atoms. The predicted molar refractivity (Wildman–Crippen MR) is 109 cm³/mol. The fraction of sp³-hybridized carbons (Fsp3) is 0.650. The number of aliphatic hydroxyl groups is 1. The third kappa shape index (κ3) is 5.31. The van der Waals surface area contributed by atoms with Gasteiger partial charge in [0.1, 0.15) is 0 Å². The van der Waals surface area contributed by atoms with Crippen LogP contribution in [0, 0.1) is 0 Å². The van der Waals surface area contributed by atoms with Gasteiger partial charge >= 0.3 is 0 Å². The van der Waals surface area contributed by atoms with Crippen molar-refractivity contribution in [1.82, 2.24) is 9.21 Å². The second-order valence-corrected chi connectivity index (χ2v) is 9.89. The molecule has 0 atom stereocenters. The number of nitrogens with zero attached hydrogens (tertiary/aromatic N) is 2. The molecule has 1 saturated carbocycles. The molecule has 156 valence electrons. The number of hydrogen-bond donors (Lipinski definition) is 2. The lowest BCUT2D eigenvalue weighted by molar-refractivity contribution is -0.117. The molecule has 7 nitrogen and oxygen atoms in total. The van der Waals surface area contributed by atoms with E-state index in [9.17, 15) is 18.3 Å². The van der Waals surface area contributed by atoms with Crippen LogP contribution in [0.25, 0.3) is 0 Å². The number of benzene rings is 1. The summed E-state index contributed by atoms with van der Waals surface area (Å²) >= 11 is 0. The molecule has 1 aromatic rings. The predicted octanol–water partition coefficient (Wildman–Crippen LogP) is 2.03. The van der Waals surface area contributed by atoms with Crippen molar-refractivity contribution in [2.24, 2.45) is 0 Å². The third-order valence-electron chi connectivity index (χ3n) is 5.83. The number of sulfonamides is 1. The summed E-state index contributed by atoms with van der Waals surface area (Å²) in [5.41, 5.74) is 0.585. The number of hydrogen-bond acceptors (Lipinski definition) is 5. The number of aliphatic hydroxyl groups excluding tert-OH is 1. The van der Waals surface area contributed by atoms with Crippen LogP contribution < -0.4 is 5.32 Å². The van der Waals surface area contributed by atoms with E-state index in [1.54, 1.807) is 31.3 Å². The second-order valence-electron chi connectivity index (χ2n) is 7.89. The van der Waals surface area contributed by atoms with Crippen molar-refractivity contribution in [2.75, 3.05) is 32.0 Å². The van der Waals surface area contributed by atoms with Gasteiger partial charge in [0.2, 0.25) is 15.9 Å². The zero-order valence-electron chi connectivity index (χ0n) is 16.5. The zero-order valence-corrected chi connectivity index (χ0v) is 17.3. The Bertz CT molecular complexity index is 752. The first-order valence-electron chi connectivity index (χ1n) is 10.1. The lowest BCUT2D eigenvalue weighted by Crippen LogP contribution is -2.40. The Hall–Kier alpha value is -1.48. The van der Waals surface area contributed by atoms with Crippen molar-refractivity contribution in [3.63, 3.8) is 0 Å². The van der Waals surface area contributed by atoms with Gasteiger partial charge in [-0.15, -0.1) is 0 Å². The van der Waals surface area contributed by atoms with Crippen LogP contribution in [0.4, 0.5) is 5.69 Å². The maximum Gasteiger partial charge on any atom is 0.243 e. The Morgan fingerprint density at radius 2 is 1.71 bits per heavy atom. The molecule has 8 heteroatoms. The fourth-order valence-corrected chi connectivity index (χ4v) is 5.41. The maximum atomic E-state index is 12.9. The molecule has 0 aromatic heterocycles. The Morgan fingerprint density at radius 1 is 1.11 bits per heavy atom. The van der Waals surface area contributed by atoms with Crippen molar-refractivity contribution in [3.05, 3.63) is 24.3 Å². The maximum absolute atomic E-state index is 12.9. The fourth-order valence-electron chi connectivity index (χ4n) is 4.00. The minimum atomic E-state index is -3.52. The van der Waals surface area contributed by atoms with Gasteiger partial charge in [0, 0.05) is 31.9 Å². The minimum absolute atomic E-state index is 0.0705. The molecule has 0 unspecified atom stereocenters. The molecular formula is C20H31N3O4S. The Kier molecular flexibility index (Phi) is 7.09. The van der Waals surface area contributed by atoms with Gasteiger partial charge in [-0.25, -0.2) is 8.42 Å². The van der Waals surface area contributed by atoms with E-state index in [0.717, 1.165) is 25.7 Å². The quantitative estimate of drug-likeness (QED) is 0.750. The van der Waals surface area contributed by atoms with E-state index in [1.165, 1.54) is 10.7 Å². The lowest BCUT2D eigenvalue weighted by atomic mass is 9.96. The summed E-state index contributed by atoms with van der Waals surface area (Å²) in [6.45, 7) is 1.69. The Morgan fingerprint density at radius 3 is 2.32 bits per heavy atom. The van der Waals surface area contributed by atoms with E-state index in [4.69, 9.17) is 0 Å².